The van der Waals surface area contributed by atoms with Crippen LogP contribution in [0.15, 0.2) is 42.5 Å². The smallest absolute Gasteiger partial charge is 0.224 e. The SMILES string of the molecule is Cc1ccc(CCCNC(=O)Cc2ccccc2Cl)c(C)c1. The third-order valence-corrected chi connectivity index (χ3v) is 4.12. The van der Waals surface area contributed by atoms with Crippen molar-refractivity contribution in [1.82, 2.24) is 5.32 Å². The lowest BCUT2D eigenvalue weighted by atomic mass is 10.0. The molecular weight excluding hydrogens is 294 g/mol. The second kappa shape index (κ2) is 8.00. The molecule has 2 rings (SSSR count). The molecule has 2 aromatic rings. The molecule has 0 saturated carbocycles. The van der Waals surface area contributed by atoms with E-state index in [9.17, 15) is 4.79 Å². The van der Waals surface area contributed by atoms with Crippen LogP contribution in [0.2, 0.25) is 5.02 Å². The summed E-state index contributed by atoms with van der Waals surface area (Å²) in [6, 6.07) is 14.0. The molecule has 0 heterocycles. The van der Waals surface area contributed by atoms with Crippen molar-refractivity contribution in [3.8, 4) is 0 Å². The van der Waals surface area contributed by atoms with E-state index in [2.05, 4.69) is 37.4 Å². The molecule has 0 unspecified atom stereocenters. The van der Waals surface area contributed by atoms with Gasteiger partial charge in [-0.2, -0.15) is 0 Å². The minimum absolute atomic E-state index is 0.0220. The summed E-state index contributed by atoms with van der Waals surface area (Å²) in [4.78, 5) is 11.9. The molecule has 2 nitrogen and oxygen atoms in total. The maximum atomic E-state index is 11.9. The van der Waals surface area contributed by atoms with Gasteiger partial charge in [0.1, 0.15) is 0 Å². The Hall–Kier alpha value is -1.80. The van der Waals surface area contributed by atoms with E-state index >= 15 is 0 Å². The number of benzene rings is 2. The maximum absolute atomic E-state index is 11.9. The molecule has 0 aliphatic heterocycles. The van der Waals surface area contributed by atoms with Crippen LogP contribution in [0.4, 0.5) is 0 Å². The van der Waals surface area contributed by atoms with Crippen LogP contribution in [0.1, 0.15) is 28.7 Å². The molecule has 0 fully saturated rings. The molecule has 0 aliphatic rings. The van der Waals surface area contributed by atoms with E-state index in [-0.39, 0.29) is 5.91 Å². The van der Waals surface area contributed by atoms with Gasteiger partial charge >= 0.3 is 0 Å². The first-order chi connectivity index (χ1) is 10.6. The number of rotatable bonds is 6. The molecule has 0 aromatic heterocycles. The van der Waals surface area contributed by atoms with Gasteiger partial charge in [-0.1, -0.05) is 53.6 Å². The number of aryl methyl sites for hydroxylation is 3. The van der Waals surface area contributed by atoms with Crippen LogP contribution < -0.4 is 5.32 Å². The van der Waals surface area contributed by atoms with Crippen molar-refractivity contribution in [2.45, 2.75) is 33.1 Å². The summed E-state index contributed by atoms with van der Waals surface area (Å²) in [5.41, 5.74) is 4.83. The lowest BCUT2D eigenvalue weighted by molar-refractivity contribution is -0.120. The Kier molecular flexibility index (Phi) is 6.02. The number of nitrogens with one attached hydrogen (secondary N) is 1. The molecule has 0 saturated heterocycles. The molecule has 0 aliphatic carbocycles. The minimum atomic E-state index is 0.0220. The van der Waals surface area contributed by atoms with E-state index in [1.807, 2.05) is 24.3 Å². The van der Waals surface area contributed by atoms with Gasteiger partial charge in [-0.25, -0.2) is 0 Å². The summed E-state index contributed by atoms with van der Waals surface area (Å²) < 4.78 is 0. The number of hydrogen-bond acceptors (Lipinski definition) is 1. The molecule has 116 valence electrons. The second-order valence-corrected chi connectivity index (χ2v) is 6.06. The zero-order valence-electron chi connectivity index (χ0n) is 13.2. The van der Waals surface area contributed by atoms with Gasteiger partial charge in [-0.3, -0.25) is 4.79 Å². The van der Waals surface area contributed by atoms with Crippen LogP contribution in [-0.2, 0) is 17.6 Å². The highest BCUT2D eigenvalue weighted by molar-refractivity contribution is 6.31. The molecule has 0 radical (unpaired) electrons. The second-order valence-electron chi connectivity index (χ2n) is 5.65. The van der Waals surface area contributed by atoms with Gasteiger partial charge in [0.25, 0.3) is 0 Å². The third-order valence-electron chi connectivity index (χ3n) is 3.75. The highest BCUT2D eigenvalue weighted by Gasteiger charge is 2.06. The lowest BCUT2D eigenvalue weighted by Crippen LogP contribution is -2.26. The summed E-state index contributed by atoms with van der Waals surface area (Å²) in [6.45, 7) is 4.93. The first kappa shape index (κ1) is 16.6. The maximum Gasteiger partial charge on any atom is 0.224 e. The number of carbonyl (C=O) groups excluding carboxylic acids is 1. The van der Waals surface area contributed by atoms with E-state index in [0.29, 0.717) is 18.0 Å². The van der Waals surface area contributed by atoms with E-state index in [0.717, 1.165) is 18.4 Å². The van der Waals surface area contributed by atoms with Crippen LogP contribution in [0.25, 0.3) is 0 Å². The average molecular weight is 316 g/mol. The monoisotopic (exact) mass is 315 g/mol. The van der Waals surface area contributed by atoms with E-state index < -0.39 is 0 Å². The topological polar surface area (TPSA) is 29.1 Å². The van der Waals surface area contributed by atoms with Crippen molar-refractivity contribution in [3.63, 3.8) is 0 Å². The zero-order chi connectivity index (χ0) is 15.9. The molecule has 22 heavy (non-hydrogen) atoms. The number of carbonyl (C=O) groups is 1. The van der Waals surface area contributed by atoms with Gasteiger partial charge in [0.2, 0.25) is 5.91 Å². The Bertz CT molecular complexity index is 652. The summed E-state index contributed by atoms with van der Waals surface area (Å²) in [5.74, 6) is 0.0220. The standard InChI is InChI=1S/C19H22ClNO/c1-14-9-10-16(15(2)12-14)7-5-11-21-19(22)13-17-6-3-4-8-18(17)20/h3-4,6,8-10,12H,5,7,11,13H2,1-2H3,(H,21,22). The van der Waals surface area contributed by atoms with Crippen molar-refractivity contribution in [2.24, 2.45) is 0 Å². The van der Waals surface area contributed by atoms with Gasteiger partial charge < -0.3 is 5.32 Å². The molecular formula is C19H22ClNO. The van der Waals surface area contributed by atoms with Crippen LogP contribution in [0, 0.1) is 13.8 Å². The average Bonchev–Trinajstić information content (AvgIpc) is 2.48. The Balaban J connectivity index is 1.74. The minimum Gasteiger partial charge on any atom is -0.356 e. The van der Waals surface area contributed by atoms with Crippen LogP contribution >= 0.6 is 11.6 Å². The number of halogens is 1. The van der Waals surface area contributed by atoms with Gasteiger partial charge in [-0.15, -0.1) is 0 Å². The van der Waals surface area contributed by atoms with E-state index in [1.165, 1.54) is 16.7 Å². The van der Waals surface area contributed by atoms with Crippen LogP contribution in [0.3, 0.4) is 0 Å². The van der Waals surface area contributed by atoms with E-state index in [4.69, 9.17) is 11.6 Å². The largest absolute Gasteiger partial charge is 0.356 e. The molecule has 2 aromatic carbocycles. The number of amides is 1. The summed E-state index contributed by atoms with van der Waals surface area (Å²) in [5, 5.41) is 3.61. The quantitative estimate of drug-likeness (QED) is 0.793. The fourth-order valence-corrected chi connectivity index (χ4v) is 2.71. The highest BCUT2D eigenvalue weighted by atomic mass is 35.5. The zero-order valence-corrected chi connectivity index (χ0v) is 13.9. The van der Waals surface area contributed by atoms with Crippen molar-refractivity contribution in [2.75, 3.05) is 6.54 Å². The Labute approximate surface area is 137 Å². The molecule has 1 N–H and O–H groups in total. The third kappa shape index (κ3) is 4.88. The van der Waals surface area contributed by atoms with E-state index in [1.54, 1.807) is 0 Å². The fourth-order valence-electron chi connectivity index (χ4n) is 2.51. The molecule has 0 atom stereocenters. The summed E-state index contributed by atoms with van der Waals surface area (Å²) >= 11 is 6.06. The highest BCUT2D eigenvalue weighted by Crippen LogP contribution is 2.15. The normalized spacial score (nSPS) is 10.5. The van der Waals surface area contributed by atoms with Gasteiger partial charge in [0, 0.05) is 11.6 Å². The lowest BCUT2D eigenvalue weighted by Gasteiger charge is -2.09. The number of hydrogen-bond donors (Lipinski definition) is 1. The summed E-state index contributed by atoms with van der Waals surface area (Å²) in [6.07, 6.45) is 2.26. The molecule has 3 heteroatoms. The summed E-state index contributed by atoms with van der Waals surface area (Å²) in [7, 11) is 0. The van der Waals surface area contributed by atoms with Crippen molar-refractivity contribution in [1.29, 1.82) is 0 Å². The molecule has 1 amide bonds. The van der Waals surface area contributed by atoms with Crippen LogP contribution in [-0.4, -0.2) is 12.5 Å². The molecule has 0 spiro atoms. The Morgan fingerprint density at radius 3 is 2.59 bits per heavy atom. The fraction of sp³-hybridized carbons (Fsp3) is 0.316. The predicted octanol–water partition coefficient (Wildman–Crippen LogP) is 4.25. The van der Waals surface area contributed by atoms with Crippen LogP contribution in [0.5, 0.6) is 0 Å². The van der Waals surface area contributed by atoms with Gasteiger partial charge in [0.15, 0.2) is 0 Å². The molecule has 0 bridgehead atoms. The van der Waals surface area contributed by atoms with Gasteiger partial charge in [-0.05, 0) is 49.4 Å². The van der Waals surface area contributed by atoms with Gasteiger partial charge in [0.05, 0.1) is 6.42 Å². The Morgan fingerprint density at radius 2 is 1.86 bits per heavy atom. The van der Waals surface area contributed by atoms with Crippen molar-refractivity contribution >= 4 is 17.5 Å². The predicted molar refractivity (Wildman–Crippen MR) is 92.4 cm³/mol. The van der Waals surface area contributed by atoms with Crippen molar-refractivity contribution < 1.29 is 4.79 Å². The first-order valence-electron chi connectivity index (χ1n) is 7.62. The Morgan fingerprint density at radius 1 is 1.09 bits per heavy atom. The first-order valence-corrected chi connectivity index (χ1v) is 8.00. The van der Waals surface area contributed by atoms with Crippen molar-refractivity contribution in [3.05, 3.63) is 69.7 Å².